The van der Waals surface area contributed by atoms with Crippen molar-refractivity contribution >= 4 is 85.6 Å². The molecule has 0 amide bonds. The van der Waals surface area contributed by atoms with Crippen molar-refractivity contribution in [2.75, 3.05) is 0 Å². The van der Waals surface area contributed by atoms with Crippen molar-refractivity contribution < 1.29 is 0 Å². The SMILES string of the molecule is c1ccc(-c2nc(-c3ccccc3)nc(-n3c4c5ccccc5c5ccccc5c4c4c5ccccc5c5sc6ccccc6c5c43)n2)cc1. The summed E-state index contributed by atoms with van der Waals surface area (Å²) >= 11 is 1.86. The third kappa shape index (κ3) is 3.84. The highest BCUT2D eigenvalue weighted by Gasteiger charge is 2.26. The van der Waals surface area contributed by atoms with E-state index < -0.39 is 0 Å². The maximum Gasteiger partial charge on any atom is 0.238 e. The number of aromatic nitrogens is 4. The molecule has 0 aliphatic carbocycles. The predicted octanol–water partition coefficient (Wildman–Crippen LogP) is 12.1. The average molecular weight is 655 g/mol. The standard InChI is InChI=1S/C45H26N4S/c1-3-15-27(16-4-1)43-46-44(28-17-5-2-6-18-28)48-45(47-43)49-40-33-23-11-8-20-30(33)29-19-7-9-21-31(29)37(40)38-32-22-10-12-24-34(32)42-39(41(38)49)35-25-13-14-26-36(35)50-42/h1-26H. The second-order valence-electron chi connectivity index (χ2n) is 12.7. The Labute approximate surface area is 290 Å². The highest BCUT2D eigenvalue weighted by molar-refractivity contribution is 7.27. The third-order valence-electron chi connectivity index (χ3n) is 10.0. The van der Waals surface area contributed by atoms with Crippen LogP contribution in [0.1, 0.15) is 0 Å². The summed E-state index contributed by atoms with van der Waals surface area (Å²) in [4.78, 5) is 15.8. The highest BCUT2D eigenvalue weighted by Crippen LogP contribution is 2.50. The van der Waals surface area contributed by atoms with Gasteiger partial charge in [0.2, 0.25) is 5.95 Å². The van der Waals surface area contributed by atoms with E-state index in [0.29, 0.717) is 17.6 Å². The Kier molecular flexibility index (Phi) is 5.80. The Morgan fingerprint density at radius 2 is 0.820 bits per heavy atom. The van der Waals surface area contributed by atoms with E-state index in [1.165, 1.54) is 57.9 Å². The molecule has 0 spiro atoms. The normalized spacial score (nSPS) is 12.0. The smallest absolute Gasteiger partial charge is 0.238 e. The molecule has 232 valence electrons. The van der Waals surface area contributed by atoms with Gasteiger partial charge in [-0.25, -0.2) is 4.98 Å². The quantitative estimate of drug-likeness (QED) is 0.178. The van der Waals surface area contributed by atoms with E-state index in [9.17, 15) is 0 Å². The molecule has 4 nitrogen and oxygen atoms in total. The van der Waals surface area contributed by atoms with Crippen molar-refractivity contribution in [3.63, 3.8) is 0 Å². The van der Waals surface area contributed by atoms with Crippen LogP contribution in [-0.4, -0.2) is 19.5 Å². The second-order valence-corrected chi connectivity index (χ2v) is 13.8. The first-order valence-corrected chi connectivity index (χ1v) is 17.6. The lowest BCUT2D eigenvalue weighted by Crippen LogP contribution is -2.07. The van der Waals surface area contributed by atoms with Crippen LogP contribution in [0.15, 0.2) is 158 Å². The average Bonchev–Trinajstić information content (AvgIpc) is 3.76. The molecule has 11 rings (SSSR count). The minimum atomic E-state index is 0.602. The number of hydrogen-bond acceptors (Lipinski definition) is 4. The lowest BCUT2D eigenvalue weighted by atomic mass is 9.94. The van der Waals surface area contributed by atoms with Gasteiger partial charge in [-0.1, -0.05) is 152 Å². The van der Waals surface area contributed by atoms with Gasteiger partial charge in [0.1, 0.15) is 0 Å². The van der Waals surface area contributed by atoms with E-state index in [1.54, 1.807) is 0 Å². The van der Waals surface area contributed by atoms with Gasteiger partial charge in [0.25, 0.3) is 0 Å². The van der Waals surface area contributed by atoms with Crippen LogP contribution >= 0.6 is 11.3 Å². The summed E-state index contributed by atoms with van der Waals surface area (Å²) in [6.45, 7) is 0. The van der Waals surface area contributed by atoms with E-state index in [4.69, 9.17) is 15.0 Å². The second kappa shape index (κ2) is 10.5. The first kappa shape index (κ1) is 27.5. The predicted molar refractivity (Wildman–Crippen MR) is 210 cm³/mol. The topological polar surface area (TPSA) is 43.6 Å². The molecule has 8 aromatic carbocycles. The van der Waals surface area contributed by atoms with E-state index in [2.05, 4.69) is 126 Å². The van der Waals surface area contributed by atoms with Crippen molar-refractivity contribution in [3.05, 3.63) is 158 Å². The van der Waals surface area contributed by atoms with Gasteiger partial charge in [0.15, 0.2) is 11.6 Å². The first-order chi connectivity index (χ1) is 24.8. The van der Waals surface area contributed by atoms with Gasteiger partial charge in [-0.3, -0.25) is 4.57 Å². The molecular formula is C45H26N4S. The Morgan fingerprint density at radius 3 is 1.46 bits per heavy atom. The Morgan fingerprint density at radius 1 is 0.360 bits per heavy atom. The van der Waals surface area contributed by atoms with Crippen molar-refractivity contribution in [3.8, 4) is 28.7 Å². The van der Waals surface area contributed by atoms with Gasteiger partial charge in [-0.05, 0) is 27.6 Å². The number of thiophene rings is 1. The fourth-order valence-electron chi connectivity index (χ4n) is 7.92. The Bertz CT molecular complexity index is 3080. The lowest BCUT2D eigenvalue weighted by molar-refractivity contribution is 0.957. The zero-order valence-corrected chi connectivity index (χ0v) is 27.5. The van der Waals surface area contributed by atoms with Gasteiger partial charge in [-0.15, -0.1) is 11.3 Å². The zero-order chi connectivity index (χ0) is 32.8. The molecule has 0 atom stereocenters. The molecule has 11 aromatic rings. The van der Waals surface area contributed by atoms with Crippen LogP contribution in [0.5, 0.6) is 0 Å². The number of nitrogens with zero attached hydrogens (tertiary/aromatic N) is 4. The molecule has 0 N–H and O–H groups in total. The van der Waals surface area contributed by atoms with Gasteiger partial charge >= 0.3 is 0 Å². The molecule has 0 unspecified atom stereocenters. The molecule has 0 bridgehead atoms. The summed E-state index contributed by atoms with van der Waals surface area (Å²) in [7, 11) is 0. The summed E-state index contributed by atoms with van der Waals surface area (Å²) in [5.41, 5.74) is 4.12. The van der Waals surface area contributed by atoms with Crippen LogP contribution in [0.2, 0.25) is 0 Å². The van der Waals surface area contributed by atoms with Gasteiger partial charge in [0.05, 0.1) is 11.0 Å². The molecule has 50 heavy (non-hydrogen) atoms. The fraction of sp³-hybridized carbons (Fsp3) is 0. The molecule has 0 saturated heterocycles. The van der Waals surface area contributed by atoms with Crippen LogP contribution in [0.4, 0.5) is 0 Å². The molecule has 3 aromatic heterocycles. The van der Waals surface area contributed by atoms with Crippen molar-refractivity contribution in [2.24, 2.45) is 0 Å². The number of fused-ring (bicyclic) bond motifs is 15. The zero-order valence-electron chi connectivity index (χ0n) is 26.7. The Hall–Kier alpha value is -6.43. The summed E-state index contributed by atoms with van der Waals surface area (Å²) in [6.07, 6.45) is 0. The minimum absolute atomic E-state index is 0.602. The van der Waals surface area contributed by atoms with Gasteiger partial charge in [-0.2, -0.15) is 9.97 Å². The molecule has 0 fully saturated rings. The molecule has 0 radical (unpaired) electrons. The van der Waals surface area contributed by atoms with Crippen LogP contribution in [0.25, 0.3) is 103 Å². The molecular weight excluding hydrogens is 629 g/mol. The van der Waals surface area contributed by atoms with E-state index in [1.807, 2.05) is 47.7 Å². The first-order valence-electron chi connectivity index (χ1n) is 16.8. The summed E-state index contributed by atoms with van der Waals surface area (Å²) in [5.74, 6) is 1.88. The maximum absolute atomic E-state index is 5.35. The summed E-state index contributed by atoms with van der Waals surface area (Å²) < 4.78 is 4.89. The van der Waals surface area contributed by atoms with Gasteiger partial charge < -0.3 is 0 Å². The van der Waals surface area contributed by atoms with E-state index in [-0.39, 0.29) is 0 Å². The summed E-state index contributed by atoms with van der Waals surface area (Å²) in [5, 5.41) is 12.2. The van der Waals surface area contributed by atoms with E-state index >= 15 is 0 Å². The Balaban J connectivity index is 1.46. The molecule has 0 aliphatic rings. The van der Waals surface area contributed by atoms with Crippen molar-refractivity contribution in [2.45, 2.75) is 0 Å². The number of hydrogen-bond donors (Lipinski definition) is 0. The summed E-state index contributed by atoms with van der Waals surface area (Å²) in [6, 6.07) is 55.8. The van der Waals surface area contributed by atoms with Crippen LogP contribution in [-0.2, 0) is 0 Å². The number of rotatable bonds is 3. The highest BCUT2D eigenvalue weighted by atomic mass is 32.1. The molecule has 5 heteroatoms. The van der Waals surface area contributed by atoms with Crippen LogP contribution < -0.4 is 0 Å². The van der Waals surface area contributed by atoms with Crippen LogP contribution in [0, 0.1) is 0 Å². The van der Waals surface area contributed by atoms with Crippen molar-refractivity contribution in [1.29, 1.82) is 0 Å². The number of benzene rings is 8. The van der Waals surface area contributed by atoms with Gasteiger partial charge in [0, 0.05) is 52.8 Å². The largest absolute Gasteiger partial charge is 0.276 e. The molecule has 0 aliphatic heterocycles. The van der Waals surface area contributed by atoms with E-state index in [0.717, 1.165) is 27.5 Å². The minimum Gasteiger partial charge on any atom is -0.276 e. The van der Waals surface area contributed by atoms with Crippen molar-refractivity contribution in [1.82, 2.24) is 19.5 Å². The lowest BCUT2D eigenvalue weighted by Gasteiger charge is -2.13. The molecule has 3 heterocycles. The third-order valence-corrected chi connectivity index (χ3v) is 11.2. The monoisotopic (exact) mass is 654 g/mol. The fourth-order valence-corrected chi connectivity index (χ4v) is 9.16. The van der Waals surface area contributed by atoms with Crippen LogP contribution in [0.3, 0.4) is 0 Å². The molecule has 0 saturated carbocycles. The maximum atomic E-state index is 5.35.